The summed E-state index contributed by atoms with van der Waals surface area (Å²) in [6, 6.07) is 12.6. The van der Waals surface area contributed by atoms with Crippen LogP contribution in [-0.2, 0) is 9.59 Å². The van der Waals surface area contributed by atoms with Gasteiger partial charge in [0.15, 0.2) is 0 Å². The standard InChI is InChI=1S/C21H22N4O4/c1-13(2)12-17(25-20(27)15-10-6-7-11-16(15)23-24-25)19(26)22-18(21(28)29)14-8-4-3-5-9-14/h3-11,13,17-18H,12H2,1-2H3,(H,22,26)(H,28,29)/p-1/t17-,18+/m1/s1. The van der Waals surface area contributed by atoms with Crippen LogP contribution in [0.3, 0.4) is 0 Å². The molecule has 0 saturated carbocycles. The molecule has 3 aromatic rings. The largest absolute Gasteiger partial charge is 0.548 e. The molecular formula is C21H21N4O4-. The van der Waals surface area contributed by atoms with Crippen molar-refractivity contribution >= 4 is 22.8 Å². The third kappa shape index (κ3) is 4.48. The highest BCUT2D eigenvalue weighted by Crippen LogP contribution is 2.19. The fourth-order valence-corrected chi connectivity index (χ4v) is 3.13. The smallest absolute Gasteiger partial charge is 0.278 e. The molecule has 0 aliphatic rings. The summed E-state index contributed by atoms with van der Waals surface area (Å²) in [7, 11) is 0. The van der Waals surface area contributed by atoms with Crippen LogP contribution >= 0.6 is 0 Å². The monoisotopic (exact) mass is 393 g/mol. The van der Waals surface area contributed by atoms with E-state index in [0.717, 1.165) is 4.68 Å². The summed E-state index contributed by atoms with van der Waals surface area (Å²) in [5.41, 5.74) is 0.344. The van der Waals surface area contributed by atoms with Gasteiger partial charge in [-0.05, 0) is 30.0 Å². The van der Waals surface area contributed by atoms with Gasteiger partial charge in [-0.25, -0.2) is 0 Å². The predicted molar refractivity (Wildman–Crippen MR) is 105 cm³/mol. The van der Waals surface area contributed by atoms with Crippen LogP contribution < -0.4 is 16.0 Å². The SMILES string of the molecule is CC(C)C[C@H](C(=O)N[C@H](C(=O)[O-])c1ccccc1)n1nnc2ccccc2c1=O. The van der Waals surface area contributed by atoms with Gasteiger partial charge in [0.1, 0.15) is 11.6 Å². The number of hydrogen-bond donors (Lipinski definition) is 1. The highest BCUT2D eigenvalue weighted by Gasteiger charge is 2.28. The Morgan fingerprint density at radius 2 is 1.72 bits per heavy atom. The van der Waals surface area contributed by atoms with E-state index in [1.54, 1.807) is 54.6 Å². The molecule has 0 unspecified atom stereocenters. The molecule has 0 radical (unpaired) electrons. The van der Waals surface area contributed by atoms with Crippen molar-refractivity contribution in [2.75, 3.05) is 0 Å². The second-order valence-electron chi connectivity index (χ2n) is 7.17. The summed E-state index contributed by atoms with van der Waals surface area (Å²) in [6.45, 7) is 3.79. The number of fused-ring (bicyclic) bond motifs is 1. The second-order valence-corrected chi connectivity index (χ2v) is 7.17. The fourth-order valence-electron chi connectivity index (χ4n) is 3.13. The van der Waals surface area contributed by atoms with E-state index in [1.807, 2.05) is 13.8 Å². The van der Waals surface area contributed by atoms with E-state index >= 15 is 0 Å². The molecule has 1 heterocycles. The molecule has 3 rings (SSSR count). The van der Waals surface area contributed by atoms with Crippen molar-refractivity contribution in [3.63, 3.8) is 0 Å². The molecule has 2 aromatic carbocycles. The Morgan fingerprint density at radius 1 is 1.07 bits per heavy atom. The predicted octanol–water partition coefficient (Wildman–Crippen LogP) is 0.986. The Balaban J connectivity index is 1.98. The van der Waals surface area contributed by atoms with Crippen LogP contribution in [0.25, 0.3) is 10.9 Å². The molecule has 0 fully saturated rings. The number of hydrogen-bond acceptors (Lipinski definition) is 6. The molecule has 0 aliphatic carbocycles. The van der Waals surface area contributed by atoms with Gasteiger partial charge in [0, 0.05) is 0 Å². The minimum Gasteiger partial charge on any atom is -0.548 e. The number of carboxylic acids is 1. The number of carbonyl (C=O) groups is 2. The first-order valence-electron chi connectivity index (χ1n) is 9.29. The van der Waals surface area contributed by atoms with Crippen molar-refractivity contribution < 1.29 is 14.7 Å². The number of carbonyl (C=O) groups excluding carboxylic acids is 2. The molecule has 150 valence electrons. The third-order valence-electron chi connectivity index (χ3n) is 4.54. The molecule has 1 N–H and O–H groups in total. The molecule has 8 heteroatoms. The Labute approximate surface area is 167 Å². The number of aromatic nitrogens is 3. The summed E-state index contributed by atoms with van der Waals surface area (Å²) in [6.07, 6.45) is 0.285. The lowest BCUT2D eigenvalue weighted by atomic mass is 10.0. The van der Waals surface area contributed by atoms with Crippen molar-refractivity contribution in [3.05, 3.63) is 70.5 Å². The molecule has 0 aliphatic heterocycles. The van der Waals surface area contributed by atoms with E-state index in [1.165, 1.54) is 0 Å². The maximum absolute atomic E-state index is 13.0. The topological polar surface area (TPSA) is 117 Å². The number of rotatable bonds is 7. The first-order valence-corrected chi connectivity index (χ1v) is 9.29. The van der Waals surface area contributed by atoms with E-state index < -0.39 is 29.5 Å². The zero-order valence-corrected chi connectivity index (χ0v) is 16.1. The molecule has 29 heavy (non-hydrogen) atoms. The van der Waals surface area contributed by atoms with Crippen LogP contribution in [0.4, 0.5) is 0 Å². The molecular weight excluding hydrogens is 372 g/mol. The number of nitrogens with one attached hydrogen (secondary N) is 1. The zero-order valence-electron chi connectivity index (χ0n) is 16.1. The van der Waals surface area contributed by atoms with Crippen LogP contribution in [0, 0.1) is 5.92 Å². The lowest BCUT2D eigenvalue weighted by molar-refractivity contribution is -0.308. The van der Waals surface area contributed by atoms with Crippen LogP contribution in [0.15, 0.2) is 59.4 Å². The van der Waals surface area contributed by atoms with Crippen molar-refractivity contribution in [2.24, 2.45) is 5.92 Å². The van der Waals surface area contributed by atoms with Crippen LogP contribution in [-0.4, -0.2) is 26.9 Å². The van der Waals surface area contributed by atoms with E-state index in [4.69, 9.17) is 0 Å². The van der Waals surface area contributed by atoms with Gasteiger partial charge in [0.05, 0.1) is 17.4 Å². The van der Waals surface area contributed by atoms with Crippen molar-refractivity contribution in [2.45, 2.75) is 32.4 Å². The van der Waals surface area contributed by atoms with Gasteiger partial charge in [0.2, 0.25) is 5.91 Å². The average molecular weight is 393 g/mol. The highest BCUT2D eigenvalue weighted by atomic mass is 16.4. The van der Waals surface area contributed by atoms with Crippen molar-refractivity contribution in [3.8, 4) is 0 Å². The maximum Gasteiger partial charge on any atom is 0.278 e. The zero-order chi connectivity index (χ0) is 21.0. The minimum atomic E-state index is -1.44. The van der Waals surface area contributed by atoms with Crippen molar-refractivity contribution in [1.29, 1.82) is 0 Å². The Kier molecular flexibility index (Phi) is 6.01. The molecule has 0 bridgehead atoms. The molecule has 0 saturated heterocycles. The number of nitrogens with zero attached hydrogens (tertiary/aromatic N) is 3. The van der Waals surface area contributed by atoms with Gasteiger partial charge < -0.3 is 15.2 Å². The third-order valence-corrected chi connectivity index (χ3v) is 4.54. The summed E-state index contributed by atoms with van der Waals surface area (Å²) >= 11 is 0. The fraction of sp³-hybridized carbons (Fsp3) is 0.286. The van der Waals surface area contributed by atoms with Crippen LogP contribution in [0.1, 0.15) is 37.9 Å². The van der Waals surface area contributed by atoms with Gasteiger partial charge in [-0.3, -0.25) is 9.59 Å². The molecule has 2 atom stereocenters. The normalized spacial score (nSPS) is 13.2. The first kappa shape index (κ1) is 20.2. The number of aliphatic carboxylic acids is 1. The van der Waals surface area contributed by atoms with Gasteiger partial charge in [-0.2, -0.15) is 4.68 Å². The number of carboxylic acid groups (broad SMARTS) is 1. The summed E-state index contributed by atoms with van der Waals surface area (Å²) in [5, 5.41) is 22.4. The minimum absolute atomic E-state index is 0.0454. The number of benzene rings is 2. The number of amides is 1. The maximum atomic E-state index is 13.0. The van der Waals surface area contributed by atoms with Gasteiger partial charge >= 0.3 is 0 Å². The van der Waals surface area contributed by atoms with Crippen molar-refractivity contribution in [1.82, 2.24) is 20.3 Å². The average Bonchev–Trinajstić information content (AvgIpc) is 2.71. The van der Waals surface area contributed by atoms with E-state index in [2.05, 4.69) is 15.6 Å². The van der Waals surface area contributed by atoms with Crippen LogP contribution in [0.2, 0.25) is 0 Å². The molecule has 1 amide bonds. The van der Waals surface area contributed by atoms with Crippen LogP contribution in [0.5, 0.6) is 0 Å². The second kappa shape index (κ2) is 8.64. The van der Waals surface area contributed by atoms with Gasteiger partial charge in [-0.15, -0.1) is 5.10 Å². The lowest BCUT2D eigenvalue weighted by Gasteiger charge is -2.25. The quantitative estimate of drug-likeness (QED) is 0.640. The van der Waals surface area contributed by atoms with E-state index in [9.17, 15) is 19.5 Å². The Hall–Kier alpha value is -3.55. The highest BCUT2D eigenvalue weighted by molar-refractivity contribution is 5.86. The molecule has 0 spiro atoms. The summed E-state index contributed by atoms with van der Waals surface area (Å²) in [5.74, 6) is -2.03. The van der Waals surface area contributed by atoms with E-state index in [-0.39, 0.29) is 12.3 Å². The first-order chi connectivity index (χ1) is 13.9. The van der Waals surface area contributed by atoms with Gasteiger partial charge in [-0.1, -0.05) is 61.5 Å². The van der Waals surface area contributed by atoms with Gasteiger partial charge in [0.25, 0.3) is 5.56 Å². The molecule has 8 nitrogen and oxygen atoms in total. The summed E-state index contributed by atoms with van der Waals surface area (Å²) in [4.78, 5) is 37.6. The Morgan fingerprint density at radius 3 is 2.38 bits per heavy atom. The van der Waals surface area contributed by atoms with E-state index in [0.29, 0.717) is 16.5 Å². The lowest BCUT2D eigenvalue weighted by Crippen LogP contribution is -2.46. The summed E-state index contributed by atoms with van der Waals surface area (Å²) < 4.78 is 1.02. The molecule has 1 aromatic heterocycles. The Bertz CT molecular complexity index is 1080.